The Hall–Kier alpha value is -1.98. The Morgan fingerprint density at radius 3 is 2.49 bits per heavy atom. The minimum atomic E-state index is 0.313. The number of thiophene rings is 1. The van der Waals surface area contributed by atoms with Gasteiger partial charge in [-0.2, -0.15) is 12.6 Å². The van der Waals surface area contributed by atoms with Gasteiger partial charge in [-0.3, -0.25) is 4.90 Å². The SMILES string of the molecule is COc1ncc(-c2nc(C3CCOCC3)nc3c(CN4CCC(N5CCCCC5)CC4)csc23)cc1N.CS. The topological polar surface area (TPSA) is 89.6 Å². The number of nitrogens with zero attached hydrogens (tertiary/aromatic N) is 5. The number of piperidine rings is 2. The number of hydrogen-bond donors (Lipinski definition) is 2. The van der Waals surface area contributed by atoms with Crippen LogP contribution in [0.2, 0.25) is 0 Å². The molecule has 0 amide bonds. The molecule has 8 nitrogen and oxygen atoms in total. The van der Waals surface area contributed by atoms with Gasteiger partial charge in [0.05, 0.1) is 28.7 Å². The molecule has 3 aromatic rings. The highest BCUT2D eigenvalue weighted by Gasteiger charge is 2.27. The van der Waals surface area contributed by atoms with E-state index in [0.717, 1.165) is 79.0 Å². The van der Waals surface area contributed by atoms with E-state index < -0.39 is 0 Å². The number of nitrogen functional groups attached to an aromatic ring is 1. The Morgan fingerprint density at radius 2 is 1.79 bits per heavy atom. The first-order valence-corrected chi connectivity index (χ1v) is 16.0. The van der Waals surface area contributed by atoms with Gasteiger partial charge >= 0.3 is 0 Å². The molecule has 0 unspecified atom stereocenters. The monoisotopic (exact) mass is 570 g/mol. The first kappa shape index (κ1) is 28.5. The zero-order chi connectivity index (χ0) is 27.2. The molecule has 39 heavy (non-hydrogen) atoms. The smallest absolute Gasteiger partial charge is 0.236 e. The number of nitrogens with two attached hydrogens (primary N) is 1. The fourth-order valence-corrected chi connectivity index (χ4v) is 7.18. The highest BCUT2D eigenvalue weighted by atomic mass is 32.1. The van der Waals surface area contributed by atoms with E-state index in [1.807, 2.05) is 12.3 Å². The molecule has 6 rings (SSSR count). The number of hydrogen-bond acceptors (Lipinski definition) is 10. The van der Waals surface area contributed by atoms with Crippen LogP contribution in [0.4, 0.5) is 5.69 Å². The normalized spacial score (nSPS) is 20.1. The van der Waals surface area contributed by atoms with Crippen LogP contribution in [-0.2, 0) is 11.3 Å². The van der Waals surface area contributed by atoms with Crippen molar-refractivity contribution in [3.05, 3.63) is 29.0 Å². The number of aromatic nitrogens is 3. The number of ether oxygens (including phenoxy) is 2. The summed E-state index contributed by atoms with van der Waals surface area (Å²) in [4.78, 5) is 20.1. The molecule has 3 fully saturated rings. The highest BCUT2D eigenvalue weighted by molar-refractivity contribution is 7.79. The molecule has 0 aliphatic carbocycles. The molecule has 3 aliphatic rings. The predicted molar refractivity (Wildman–Crippen MR) is 163 cm³/mol. The van der Waals surface area contributed by atoms with Crippen LogP contribution in [0.25, 0.3) is 21.5 Å². The molecule has 212 valence electrons. The average molecular weight is 571 g/mol. The maximum Gasteiger partial charge on any atom is 0.236 e. The highest BCUT2D eigenvalue weighted by Crippen LogP contribution is 2.37. The Labute approximate surface area is 241 Å². The first-order valence-electron chi connectivity index (χ1n) is 14.3. The molecule has 0 radical (unpaired) electrons. The summed E-state index contributed by atoms with van der Waals surface area (Å²) in [7, 11) is 1.59. The molecule has 3 saturated heterocycles. The Bertz CT molecular complexity index is 1220. The molecular weight excluding hydrogens is 528 g/mol. The second-order valence-electron chi connectivity index (χ2n) is 10.7. The Kier molecular flexibility index (Phi) is 9.94. The van der Waals surface area contributed by atoms with Crippen LogP contribution in [0, 0.1) is 0 Å². The van der Waals surface area contributed by atoms with E-state index in [2.05, 4.69) is 32.8 Å². The third-order valence-electron chi connectivity index (χ3n) is 8.30. The van der Waals surface area contributed by atoms with Crippen LogP contribution in [0.5, 0.6) is 5.88 Å². The maximum atomic E-state index is 6.23. The fourth-order valence-electron chi connectivity index (χ4n) is 6.17. The summed E-state index contributed by atoms with van der Waals surface area (Å²) < 4.78 is 12.0. The van der Waals surface area contributed by atoms with E-state index in [9.17, 15) is 0 Å². The molecule has 2 N–H and O–H groups in total. The third-order valence-corrected chi connectivity index (χ3v) is 9.32. The number of methoxy groups -OCH3 is 1. The minimum absolute atomic E-state index is 0.313. The van der Waals surface area contributed by atoms with Gasteiger partial charge in [0.1, 0.15) is 5.82 Å². The second kappa shape index (κ2) is 13.6. The van der Waals surface area contributed by atoms with E-state index in [-0.39, 0.29) is 0 Å². The number of fused-ring (bicyclic) bond motifs is 1. The van der Waals surface area contributed by atoms with Crippen molar-refractivity contribution < 1.29 is 9.47 Å². The minimum Gasteiger partial charge on any atom is -0.480 e. The quantitative estimate of drug-likeness (QED) is 0.389. The molecule has 0 atom stereocenters. The van der Waals surface area contributed by atoms with Crippen LogP contribution in [0.15, 0.2) is 17.6 Å². The van der Waals surface area contributed by atoms with Crippen molar-refractivity contribution in [2.45, 2.75) is 63.5 Å². The summed E-state index contributed by atoms with van der Waals surface area (Å²) in [5.74, 6) is 1.68. The second-order valence-corrected chi connectivity index (χ2v) is 11.6. The molecule has 3 aliphatic heterocycles. The number of pyridine rings is 1. The van der Waals surface area contributed by atoms with Gasteiger partial charge in [0.15, 0.2) is 0 Å². The third kappa shape index (κ3) is 6.51. The van der Waals surface area contributed by atoms with E-state index in [4.69, 9.17) is 25.2 Å². The van der Waals surface area contributed by atoms with Crippen molar-refractivity contribution in [2.75, 3.05) is 58.5 Å². The maximum absolute atomic E-state index is 6.23. The van der Waals surface area contributed by atoms with Crippen LogP contribution < -0.4 is 10.5 Å². The standard InChI is InChI=1S/C28H38N6O2S.CH4S/c1-35-28-23(29)15-20(16-30-28)24-26-25(32-27(31-24)19-7-13-36-14-8-19)21(18-37-26)17-33-11-5-22(6-12-33)34-9-3-2-4-10-34;1-2/h15-16,18-19,22H,2-14,17,29H2,1H3;2H,1H3. The summed E-state index contributed by atoms with van der Waals surface area (Å²) in [5.41, 5.74) is 11.0. The van der Waals surface area contributed by atoms with Crippen LogP contribution in [0.1, 0.15) is 62.3 Å². The van der Waals surface area contributed by atoms with Gasteiger partial charge < -0.3 is 20.1 Å². The van der Waals surface area contributed by atoms with Crippen molar-refractivity contribution in [3.8, 4) is 17.1 Å². The van der Waals surface area contributed by atoms with Crippen molar-refractivity contribution in [1.29, 1.82) is 0 Å². The fraction of sp³-hybridized carbons (Fsp3) is 0.621. The first-order chi connectivity index (χ1) is 19.2. The van der Waals surface area contributed by atoms with Crippen molar-refractivity contribution in [1.82, 2.24) is 24.8 Å². The van der Waals surface area contributed by atoms with Crippen molar-refractivity contribution >= 4 is 39.9 Å². The lowest BCUT2D eigenvalue weighted by molar-refractivity contribution is 0.0836. The molecule has 6 heterocycles. The average Bonchev–Trinajstić information content (AvgIpc) is 3.41. The molecule has 0 bridgehead atoms. The van der Waals surface area contributed by atoms with Gasteiger partial charge in [-0.25, -0.2) is 15.0 Å². The van der Waals surface area contributed by atoms with E-state index in [0.29, 0.717) is 17.5 Å². The Balaban J connectivity index is 0.00000151. The van der Waals surface area contributed by atoms with Gasteiger partial charge in [0.2, 0.25) is 5.88 Å². The van der Waals surface area contributed by atoms with Crippen molar-refractivity contribution in [2.24, 2.45) is 0 Å². The summed E-state index contributed by atoms with van der Waals surface area (Å²) >= 11 is 5.26. The van der Waals surface area contributed by atoms with E-state index in [1.54, 1.807) is 24.7 Å². The van der Waals surface area contributed by atoms with Gasteiger partial charge in [-0.05, 0) is 82.4 Å². The van der Waals surface area contributed by atoms with Crippen LogP contribution in [0.3, 0.4) is 0 Å². The lowest BCUT2D eigenvalue weighted by Crippen LogP contribution is -2.46. The number of likely N-dealkylation sites (tertiary alicyclic amines) is 2. The molecule has 10 heteroatoms. The predicted octanol–water partition coefficient (Wildman–Crippen LogP) is 5.23. The zero-order valence-electron chi connectivity index (χ0n) is 23.3. The van der Waals surface area contributed by atoms with E-state index in [1.165, 1.54) is 50.8 Å². The number of thiol groups is 1. The number of rotatable bonds is 6. The molecule has 0 saturated carbocycles. The van der Waals surface area contributed by atoms with Gasteiger partial charge in [0.25, 0.3) is 0 Å². The Morgan fingerprint density at radius 1 is 1.05 bits per heavy atom. The van der Waals surface area contributed by atoms with Crippen molar-refractivity contribution in [3.63, 3.8) is 0 Å². The van der Waals surface area contributed by atoms with Gasteiger partial charge in [-0.1, -0.05) is 6.42 Å². The summed E-state index contributed by atoms with van der Waals surface area (Å²) in [6, 6.07) is 2.68. The number of anilines is 1. The van der Waals surface area contributed by atoms with Gasteiger partial charge in [0, 0.05) is 49.0 Å². The lowest BCUT2D eigenvalue weighted by atomic mass is 9.98. The van der Waals surface area contributed by atoms with Crippen LogP contribution in [-0.4, -0.2) is 83.6 Å². The largest absolute Gasteiger partial charge is 0.480 e. The lowest BCUT2D eigenvalue weighted by Gasteiger charge is -2.40. The molecule has 0 spiro atoms. The van der Waals surface area contributed by atoms with Gasteiger partial charge in [-0.15, -0.1) is 11.3 Å². The van der Waals surface area contributed by atoms with Crippen LogP contribution >= 0.6 is 24.0 Å². The zero-order valence-corrected chi connectivity index (χ0v) is 25.0. The van der Waals surface area contributed by atoms with E-state index >= 15 is 0 Å². The molecule has 0 aromatic carbocycles. The summed E-state index contributed by atoms with van der Waals surface area (Å²) in [6.07, 6.45) is 12.1. The summed E-state index contributed by atoms with van der Waals surface area (Å²) in [5, 5.41) is 2.29. The summed E-state index contributed by atoms with van der Waals surface area (Å²) in [6.45, 7) is 7.37. The molecular formula is C29H42N6O2S2. The molecule has 3 aromatic heterocycles.